The average molecular weight is 325 g/mol. The van der Waals surface area contributed by atoms with E-state index in [4.69, 9.17) is 0 Å². The molecule has 2 atom stereocenters. The Morgan fingerprint density at radius 2 is 2.14 bits per heavy atom. The van der Waals surface area contributed by atoms with Crippen LogP contribution in [0.1, 0.15) is 19.8 Å². The molecule has 0 aliphatic carbocycles. The van der Waals surface area contributed by atoms with Crippen molar-refractivity contribution in [3.05, 3.63) is 0 Å². The van der Waals surface area contributed by atoms with E-state index in [9.17, 15) is 18.0 Å². The van der Waals surface area contributed by atoms with E-state index in [-0.39, 0.29) is 18.6 Å². The maximum absolute atomic E-state index is 12.4. The van der Waals surface area contributed by atoms with Crippen LogP contribution in [0.15, 0.2) is 0 Å². The summed E-state index contributed by atoms with van der Waals surface area (Å²) >= 11 is 1.87. The number of thioether (sulfide) groups is 1. The highest BCUT2D eigenvalue weighted by Crippen LogP contribution is 2.25. The third-order valence-corrected chi connectivity index (χ3v) is 5.34. The largest absolute Gasteiger partial charge is 0.401 e. The second-order valence-electron chi connectivity index (χ2n) is 5.70. The summed E-state index contributed by atoms with van der Waals surface area (Å²) in [6.07, 6.45) is -1.86. The second-order valence-corrected chi connectivity index (χ2v) is 7.11. The van der Waals surface area contributed by atoms with Crippen molar-refractivity contribution in [2.75, 3.05) is 38.5 Å². The van der Waals surface area contributed by atoms with Crippen LogP contribution < -0.4 is 5.32 Å². The van der Waals surface area contributed by atoms with E-state index in [1.165, 1.54) is 11.3 Å². The number of nitrogens with zero attached hydrogens (tertiary/aromatic N) is 2. The van der Waals surface area contributed by atoms with Crippen molar-refractivity contribution in [3.8, 4) is 0 Å². The number of piperazine rings is 1. The van der Waals surface area contributed by atoms with Crippen LogP contribution in [0.2, 0.25) is 0 Å². The lowest BCUT2D eigenvalue weighted by molar-refractivity contribution is -0.153. The summed E-state index contributed by atoms with van der Waals surface area (Å²) in [4.78, 5) is 15.1. The summed E-state index contributed by atoms with van der Waals surface area (Å²) in [6.45, 7) is 2.46. The topological polar surface area (TPSA) is 35.6 Å². The molecular formula is C13H22F3N3OS. The van der Waals surface area contributed by atoms with Crippen LogP contribution in [-0.2, 0) is 0 Å². The number of alkyl halides is 3. The molecule has 1 N–H and O–H groups in total. The highest BCUT2D eigenvalue weighted by Gasteiger charge is 2.36. The molecule has 2 heterocycles. The van der Waals surface area contributed by atoms with Crippen LogP contribution in [-0.4, -0.2) is 71.8 Å². The zero-order valence-corrected chi connectivity index (χ0v) is 13.0. The number of urea groups is 1. The molecule has 0 aromatic rings. The minimum atomic E-state index is -4.18. The van der Waals surface area contributed by atoms with Crippen LogP contribution >= 0.6 is 11.8 Å². The normalized spacial score (nSPS) is 27.9. The van der Waals surface area contributed by atoms with E-state index in [1.807, 2.05) is 11.8 Å². The molecule has 2 aliphatic rings. The molecule has 0 unspecified atom stereocenters. The maximum atomic E-state index is 12.4. The number of nitrogens with one attached hydrogen (secondary N) is 1. The van der Waals surface area contributed by atoms with Gasteiger partial charge < -0.3 is 10.2 Å². The van der Waals surface area contributed by atoms with Gasteiger partial charge >= 0.3 is 12.2 Å². The van der Waals surface area contributed by atoms with Crippen molar-refractivity contribution in [2.45, 2.75) is 37.2 Å². The van der Waals surface area contributed by atoms with Gasteiger partial charge in [0.05, 0.1) is 6.54 Å². The molecule has 2 rings (SSSR count). The molecule has 2 saturated heterocycles. The molecule has 0 bridgehead atoms. The van der Waals surface area contributed by atoms with Crippen molar-refractivity contribution < 1.29 is 18.0 Å². The molecule has 21 heavy (non-hydrogen) atoms. The van der Waals surface area contributed by atoms with Gasteiger partial charge in [0, 0.05) is 37.5 Å². The third-order valence-electron chi connectivity index (χ3n) is 3.94. The van der Waals surface area contributed by atoms with Gasteiger partial charge in [0.2, 0.25) is 0 Å². The third kappa shape index (κ3) is 5.25. The Labute approximate surface area is 127 Å². The molecule has 0 radical (unpaired) electrons. The molecule has 2 aliphatic heterocycles. The van der Waals surface area contributed by atoms with Gasteiger partial charge in [0.25, 0.3) is 0 Å². The fraction of sp³-hybridized carbons (Fsp3) is 0.923. The number of halogens is 3. The Kier molecular flexibility index (Phi) is 5.65. The summed E-state index contributed by atoms with van der Waals surface area (Å²) < 4.78 is 37.3. The van der Waals surface area contributed by atoms with Crippen LogP contribution in [0.25, 0.3) is 0 Å². The fourth-order valence-corrected chi connectivity index (χ4v) is 3.96. The predicted octanol–water partition coefficient (Wildman–Crippen LogP) is 2.16. The Balaban J connectivity index is 1.74. The van der Waals surface area contributed by atoms with E-state index in [2.05, 4.69) is 5.32 Å². The molecule has 2 amide bonds. The molecule has 4 nitrogen and oxygen atoms in total. The number of carbonyl (C=O) groups excluding carboxylic acids is 1. The summed E-state index contributed by atoms with van der Waals surface area (Å²) in [7, 11) is 0. The van der Waals surface area contributed by atoms with Crippen molar-refractivity contribution in [3.63, 3.8) is 0 Å². The first kappa shape index (κ1) is 16.7. The molecule has 0 aromatic heterocycles. The van der Waals surface area contributed by atoms with Crippen LogP contribution in [0.5, 0.6) is 0 Å². The number of hydrogen-bond donors (Lipinski definition) is 1. The van der Waals surface area contributed by atoms with Gasteiger partial charge in [0.1, 0.15) is 0 Å². The Morgan fingerprint density at radius 3 is 2.71 bits per heavy atom. The predicted molar refractivity (Wildman–Crippen MR) is 77.5 cm³/mol. The van der Waals surface area contributed by atoms with E-state index in [0.717, 1.165) is 12.2 Å². The summed E-state index contributed by atoms with van der Waals surface area (Å²) in [5.74, 6) is 1.15. The van der Waals surface area contributed by atoms with Gasteiger partial charge in [-0.05, 0) is 25.5 Å². The Morgan fingerprint density at radius 1 is 1.38 bits per heavy atom. The smallest absolute Gasteiger partial charge is 0.337 e. The van der Waals surface area contributed by atoms with Crippen LogP contribution in [0, 0.1) is 0 Å². The maximum Gasteiger partial charge on any atom is 0.401 e. The number of amides is 2. The van der Waals surface area contributed by atoms with Crippen LogP contribution in [0.4, 0.5) is 18.0 Å². The van der Waals surface area contributed by atoms with E-state index in [1.54, 1.807) is 11.8 Å². The molecule has 2 fully saturated rings. The molecule has 0 saturated carbocycles. The SMILES string of the molecule is C[C@@H]1CN(C(=O)NC[C@@H]2CCCS2)CCN1CC(F)(F)F. The van der Waals surface area contributed by atoms with E-state index < -0.39 is 12.7 Å². The molecule has 122 valence electrons. The zero-order chi connectivity index (χ0) is 15.5. The summed E-state index contributed by atoms with van der Waals surface area (Å²) in [5.41, 5.74) is 0. The molecule has 8 heteroatoms. The van der Waals surface area contributed by atoms with Crippen molar-refractivity contribution in [2.24, 2.45) is 0 Å². The molecule has 0 aromatic carbocycles. The highest BCUT2D eigenvalue weighted by molar-refractivity contribution is 8.00. The van der Waals surface area contributed by atoms with Gasteiger partial charge in [-0.3, -0.25) is 4.90 Å². The van der Waals surface area contributed by atoms with Gasteiger partial charge in [-0.2, -0.15) is 24.9 Å². The first-order valence-corrected chi connectivity index (χ1v) is 8.35. The zero-order valence-electron chi connectivity index (χ0n) is 12.2. The van der Waals surface area contributed by atoms with Gasteiger partial charge in [-0.15, -0.1) is 0 Å². The van der Waals surface area contributed by atoms with Gasteiger partial charge in [-0.25, -0.2) is 4.79 Å². The van der Waals surface area contributed by atoms with E-state index in [0.29, 0.717) is 24.9 Å². The Bertz CT molecular complexity index is 361. The minimum absolute atomic E-state index is 0.152. The summed E-state index contributed by atoms with van der Waals surface area (Å²) in [6, 6.07) is -0.423. The average Bonchev–Trinajstić information content (AvgIpc) is 2.90. The van der Waals surface area contributed by atoms with Crippen LogP contribution in [0.3, 0.4) is 0 Å². The molecule has 0 spiro atoms. The standard InChI is InChI=1S/C13H22F3N3OS/c1-10-8-18(4-5-19(10)9-13(14,15)16)12(20)17-7-11-3-2-6-21-11/h10-11H,2-9H2,1H3,(H,17,20)/t10-,11+/m1/s1. The van der Waals surface area contributed by atoms with Crippen molar-refractivity contribution >= 4 is 17.8 Å². The lowest BCUT2D eigenvalue weighted by Gasteiger charge is -2.40. The quantitative estimate of drug-likeness (QED) is 0.864. The Hall–Kier alpha value is -0.630. The van der Waals surface area contributed by atoms with Crippen molar-refractivity contribution in [1.29, 1.82) is 0 Å². The van der Waals surface area contributed by atoms with Gasteiger partial charge in [-0.1, -0.05) is 0 Å². The first-order valence-electron chi connectivity index (χ1n) is 7.30. The molecular weight excluding hydrogens is 303 g/mol. The number of carbonyl (C=O) groups is 1. The van der Waals surface area contributed by atoms with Crippen molar-refractivity contribution in [1.82, 2.24) is 15.1 Å². The number of rotatable bonds is 3. The highest BCUT2D eigenvalue weighted by atomic mass is 32.2. The summed E-state index contributed by atoms with van der Waals surface area (Å²) in [5, 5.41) is 3.39. The minimum Gasteiger partial charge on any atom is -0.337 e. The second kappa shape index (κ2) is 7.09. The van der Waals surface area contributed by atoms with E-state index >= 15 is 0 Å². The monoisotopic (exact) mass is 325 g/mol. The first-order chi connectivity index (χ1) is 9.85. The lowest BCUT2D eigenvalue weighted by atomic mass is 10.2. The van der Waals surface area contributed by atoms with Gasteiger partial charge in [0.15, 0.2) is 0 Å². The number of hydrogen-bond acceptors (Lipinski definition) is 3. The lowest BCUT2D eigenvalue weighted by Crippen LogP contribution is -2.57. The fourth-order valence-electron chi connectivity index (χ4n) is 2.76.